The van der Waals surface area contributed by atoms with E-state index in [0.29, 0.717) is 0 Å². The third-order valence-electron chi connectivity index (χ3n) is 12.6. The summed E-state index contributed by atoms with van der Waals surface area (Å²) < 4.78 is 0. The van der Waals surface area contributed by atoms with Crippen LogP contribution in [0, 0.1) is 0 Å². The van der Waals surface area contributed by atoms with Gasteiger partial charge in [0.1, 0.15) is 0 Å². The van der Waals surface area contributed by atoms with Gasteiger partial charge in [0.05, 0.1) is 22.5 Å². The van der Waals surface area contributed by atoms with Crippen molar-refractivity contribution in [2.24, 2.45) is 0 Å². The molecule has 2 heteroatoms. The smallest absolute Gasteiger partial charge is 0.0726 e. The van der Waals surface area contributed by atoms with E-state index >= 15 is 0 Å². The van der Waals surface area contributed by atoms with E-state index in [2.05, 4.69) is 240 Å². The molecule has 0 radical (unpaired) electrons. The van der Waals surface area contributed by atoms with Crippen LogP contribution in [0.2, 0.25) is 0 Å². The quantitative estimate of drug-likeness (QED) is 0.167. The van der Waals surface area contributed by atoms with Gasteiger partial charge in [0.25, 0.3) is 0 Å². The molecule has 0 saturated carbocycles. The monoisotopic (exact) mass is 750 g/mol. The fraction of sp³-hybridized carbons (Fsp3) is 0.0175. The van der Waals surface area contributed by atoms with E-state index in [0.717, 1.165) is 28.4 Å². The molecular weight excluding hydrogens is 713 g/mol. The predicted molar refractivity (Wildman–Crippen MR) is 247 cm³/mol. The van der Waals surface area contributed by atoms with E-state index in [-0.39, 0.29) is 0 Å². The van der Waals surface area contributed by atoms with Gasteiger partial charge in [-0.25, -0.2) is 0 Å². The molecule has 1 unspecified atom stereocenters. The average molecular weight is 751 g/mol. The first kappa shape index (κ1) is 33.5. The SMILES string of the molecule is c1ccc(N(c2ccc3c(c2)-c2ccccc2C32c3ccccc3-c3c(N(c4ccccc4)c4cccc5ccccc45)cccc32)c2cccc3ccccc23)cc1. The van der Waals surface area contributed by atoms with Crippen LogP contribution < -0.4 is 9.80 Å². The lowest BCUT2D eigenvalue weighted by atomic mass is 9.70. The van der Waals surface area contributed by atoms with Crippen LogP contribution in [0.25, 0.3) is 43.8 Å². The minimum atomic E-state index is -0.509. The summed E-state index contributed by atoms with van der Waals surface area (Å²) >= 11 is 0. The van der Waals surface area contributed by atoms with Crippen LogP contribution in [-0.4, -0.2) is 0 Å². The van der Waals surface area contributed by atoms with Crippen molar-refractivity contribution in [1.29, 1.82) is 0 Å². The predicted octanol–water partition coefficient (Wildman–Crippen LogP) is 15.3. The first-order valence-electron chi connectivity index (χ1n) is 20.4. The van der Waals surface area contributed by atoms with Crippen LogP contribution in [0.1, 0.15) is 22.3 Å². The van der Waals surface area contributed by atoms with Crippen molar-refractivity contribution < 1.29 is 0 Å². The summed E-state index contributed by atoms with van der Waals surface area (Å²) in [5.74, 6) is 0. The minimum absolute atomic E-state index is 0.509. The third kappa shape index (κ3) is 4.87. The first-order chi connectivity index (χ1) is 29.3. The third-order valence-corrected chi connectivity index (χ3v) is 12.6. The Labute approximate surface area is 344 Å². The Hall–Kier alpha value is -7.68. The van der Waals surface area contributed by atoms with Gasteiger partial charge in [-0.1, -0.05) is 176 Å². The molecule has 10 aromatic carbocycles. The largest absolute Gasteiger partial charge is 0.310 e. The van der Waals surface area contributed by atoms with Crippen LogP contribution in [0.4, 0.5) is 34.1 Å². The fourth-order valence-corrected chi connectivity index (χ4v) is 10.3. The Kier molecular flexibility index (Phi) is 7.48. The number of anilines is 6. The van der Waals surface area contributed by atoms with Gasteiger partial charge < -0.3 is 9.80 Å². The van der Waals surface area contributed by atoms with Crippen LogP contribution in [0.15, 0.2) is 231 Å². The summed E-state index contributed by atoms with van der Waals surface area (Å²) in [6.07, 6.45) is 0. The molecule has 0 amide bonds. The maximum absolute atomic E-state index is 2.48. The number of benzene rings is 10. The average Bonchev–Trinajstić information content (AvgIpc) is 3.78. The molecule has 10 aromatic rings. The number of para-hydroxylation sites is 2. The maximum Gasteiger partial charge on any atom is 0.0726 e. The van der Waals surface area contributed by atoms with Crippen LogP contribution in [0.5, 0.6) is 0 Å². The number of hydrogen-bond acceptors (Lipinski definition) is 2. The van der Waals surface area contributed by atoms with Crippen molar-refractivity contribution in [3.8, 4) is 22.3 Å². The summed E-state index contributed by atoms with van der Waals surface area (Å²) in [7, 11) is 0. The molecule has 0 aliphatic heterocycles. The van der Waals surface area contributed by atoms with Crippen LogP contribution >= 0.6 is 0 Å². The molecule has 0 fully saturated rings. The highest BCUT2D eigenvalue weighted by molar-refractivity contribution is 6.06. The van der Waals surface area contributed by atoms with Gasteiger partial charge in [-0.3, -0.25) is 0 Å². The summed E-state index contributed by atoms with van der Waals surface area (Å²) in [5.41, 5.74) is 16.7. The molecule has 276 valence electrons. The molecule has 0 N–H and O–H groups in total. The van der Waals surface area contributed by atoms with Gasteiger partial charge in [-0.05, 0) is 104 Å². The molecule has 1 spiro atoms. The first-order valence-corrected chi connectivity index (χ1v) is 20.4. The zero-order valence-electron chi connectivity index (χ0n) is 32.3. The second-order valence-electron chi connectivity index (χ2n) is 15.6. The van der Waals surface area contributed by atoms with Gasteiger partial charge in [0.2, 0.25) is 0 Å². The molecule has 0 bridgehead atoms. The molecule has 1 atom stereocenters. The van der Waals surface area contributed by atoms with E-state index in [1.165, 1.54) is 71.7 Å². The highest BCUT2D eigenvalue weighted by Crippen LogP contribution is 2.65. The normalized spacial score (nSPS) is 14.5. The van der Waals surface area contributed by atoms with Crippen molar-refractivity contribution >= 4 is 55.7 Å². The van der Waals surface area contributed by atoms with E-state index in [4.69, 9.17) is 0 Å². The molecule has 12 rings (SSSR count). The van der Waals surface area contributed by atoms with Crippen molar-refractivity contribution in [3.05, 3.63) is 253 Å². The van der Waals surface area contributed by atoms with Crippen molar-refractivity contribution in [1.82, 2.24) is 0 Å². The molecule has 0 heterocycles. The Bertz CT molecular complexity index is 3230. The van der Waals surface area contributed by atoms with E-state index in [1.807, 2.05) is 0 Å². The Morgan fingerprint density at radius 3 is 1.41 bits per heavy atom. The minimum Gasteiger partial charge on any atom is -0.310 e. The summed E-state index contributed by atoms with van der Waals surface area (Å²) in [6.45, 7) is 0. The highest BCUT2D eigenvalue weighted by Gasteiger charge is 2.52. The van der Waals surface area contributed by atoms with Crippen molar-refractivity contribution in [3.63, 3.8) is 0 Å². The number of nitrogens with zero attached hydrogens (tertiary/aromatic N) is 2. The van der Waals surface area contributed by atoms with Crippen LogP contribution in [0.3, 0.4) is 0 Å². The second kappa shape index (κ2) is 13.2. The Morgan fingerprint density at radius 2 is 0.729 bits per heavy atom. The molecule has 0 saturated heterocycles. The van der Waals surface area contributed by atoms with E-state index in [1.54, 1.807) is 0 Å². The van der Waals surface area contributed by atoms with Gasteiger partial charge in [0, 0.05) is 33.4 Å². The lowest BCUT2D eigenvalue weighted by molar-refractivity contribution is 0.793. The number of rotatable bonds is 6. The Balaban J connectivity index is 1.13. The zero-order valence-corrected chi connectivity index (χ0v) is 32.3. The summed E-state index contributed by atoms with van der Waals surface area (Å²) in [5, 5.41) is 4.88. The lowest BCUT2D eigenvalue weighted by Gasteiger charge is -2.32. The van der Waals surface area contributed by atoms with Gasteiger partial charge in [0.15, 0.2) is 0 Å². The topological polar surface area (TPSA) is 6.48 Å². The van der Waals surface area contributed by atoms with Crippen molar-refractivity contribution in [2.45, 2.75) is 5.41 Å². The molecule has 0 aromatic heterocycles. The van der Waals surface area contributed by atoms with Crippen molar-refractivity contribution in [2.75, 3.05) is 9.80 Å². The highest BCUT2D eigenvalue weighted by atomic mass is 15.2. The maximum atomic E-state index is 2.48. The molecule has 2 nitrogen and oxygen atoms in total. The molecule has 2 aliphatic carbocycles. The zero-order chi connectivity index (χ0) is 38.9. The van der Waals surface area contributed by atoms with Gasteiger partial charge >= 0.3 is 0 Å². The van der Waals surface area contributed by atoms with Gasteiger partial charge in [-0.2, -0.15) is 0 Å². The fourth-order valence-electron chi connectivity index (χ4n) is 10.3. The number of hydrogen-bond donors (Lipinski definition) is 0. The van der Waals surface area contributed by atoms with E-state index in [9.17, 15) is 0 Å². The summed E-state index contributed by atoms with van der Waals surface area (Å²) in [4.78, 5) is 4.90. The molecule has 2 aliphatic rings. The van der Waals surface area contributed by atoms with E-state index < -0.39 is 5.41 Å². The van der Waals surface area contributed by atoms with Gasteiger partial charge in [-0.15, -0.1) is 0 Å². The standard InChI is InChI=1S/C57H38N2/c1-3-22-41(23-4-1)58(53-33-15-20-39-18-7-9-26-44(39)53)43-36-37-51-48(38-43)46-28-11-13-30-49(46)57(51)50-31-14-12-29-47(50)56-52(57)32-17-35-55(56)59(42-24-5-2-6-25-42)54-34-16-21-40-19-8-10-27-45(40)54/h1-38H. The lowest BCUT2D eigenvalue weighted by Crippen LogP contribution is -2.26. The Morgan fingerprint density at radius 1 is 0.271 bits per heavy atom. The van der Waals surface area contributed by atoms with Crippen LogP contribution in [-0.2, 0) is 5.41 Å². The molecular formula is C57H38N2. The summed E-state index contributed by atoms with van der Waals surface area (Å²) in [6, 6.07) is 84.8. The number of fused-ring (bicyclic) bond motifs is 12. The second-order valence-corrected chi connectivity index (χ2v) is 15.6. The molecule has 59 heavy (non-hydrogen) atoms.